The van der Waals surface area contributed by atoms with Crippen LogP contribution in [0.2, 0.25) is 0 Å². The average Bonchev–Trinajstić information content (AvgIpc) is 2.98. The minimum absolute atomic E-state index is 0. The molecule has 1 aromatic carbocycles. The van der Waals surface area contributed by atoms with Gasteiger partial charge in [0.15, 0.2) is 0 Å². The van der Waals surface area contributed by atoms with Crippen LogP contribution in [-0.4, -0.2) is 42.0 Å². The van der Waals surface area contributed by atoms with Crippen LogP contribution in [0.25, 0.3) is 0 Å². The molecule has 5 heteroatoms. The molecule has 1 amide bonds. The third-order valence-corrected chi connectivity index (χ3v) is 5.99. The Kier molecular flexibility index (Phi) is 7.29. The Hall–Kier alpha value is -1.10. The zero-order valence-electron chi connectivity index (χ0n) is 15.4. The number of nitrogens with zero attached hydrogens (tertiary/aromatic N) is 1. The van der Waals surface area contributed by atoms with E-state index in [9.17, 15) is 4.79 Å². The number of halogens is 1. The number of benzene rings is 1. The molecule has 0 radical (unpaired) electrons. The first-order chi connectivity index (χ1) is 11.6. The van der Waals surface area contributed by atoms with Crippen molar-refractivity contribution in [1.29, 1.82) is 0 Å². The molecule has 1 aliphatic carbocycles. The Morgan fingerprint density at radius 1 is 1.20 bits per heavy atom. The van der Waals surface area contributed by atoms with E-state index in [1.807, 2.05) is 13.0 Å². The van der Waals surface area contributed by atoms with Gasteiger partial charge in [0.1, 0.15) is 0 Å². The van der Waals surface area contributed by atoms with Crippen molar-refractivity contribution in [3.8, 4) is 0 Å². The Morgan fingerprint density at radius 3 is 2.56 bits per heavy atom. The Bertz CT molecular complexity index is 553. The maximum Gasteiger partial charge on any atom is 0.237 e. The van der Waals surface area contributed by atoms with Crippen LogP contribution in [0.1, 0.15) is 51.0 Å². The average molecular weight is 366 g/mol. The number of carbonyl (C=O) groups is 1. The molecule has 3 rings (SSSR count). The van der Waals surface area contributed by atoms with Crippen molar-refractivity contribution in [1.82, 2.24) is 10.2 Å². The van der Waals surface area contributed by atoms with Crippen molar-refractivity contribution in [2.75, 3.05) is 13.1 Å². The maximum absolute atomic E-state index is 12.7. The highest BCUT2D eigenvalue weighted by atomic mass is 35.5. The van der Waals surface area contributed by atoms with Crippen molar-refractivity contribution in [2.24, 2.45) is 11.7 Å². The first-order valence-corrected chi connectivity index (χ1v) is 9.41. The summed E-state index contributed by atoms with van der Waals surface area (Å²) in [6, 6.07) is 10.8. The first kappa shape index (κ1) is 20.2. The van der Waals surface area contributed by atoms with E-state index >= 15 is 0 Å². The monoisotopic (exact) mass is 365 g/mol. The third kappa shape index (κ3) is 4.75. The summed E-state index contributed by atoms with van der Waals surface area (Å²) in [4.78, 5) is 14.9. The van der Waals surface area contributed by atoms with Crippen molar-refractivity contribution in [3.05, 3.63) is 35.9 Å². The number of nitrogens with two attached hydrogens (primary N) is 1. The lowest BCUT2D eigenvalue weighted by Gasteiger charge is -2.32. The van der Waals surface area contributed by atoms with E-state index in [0.717, 1.165) is 19.5 Å². The molecular formula is C20H32ClN3O. The van der Waals surface area contributed by atoms with E-state index in [1.165, 1.54) is 24.8 Å². The molecule has 0 spiro atoms. The normalized spacial score (nSPS) is 31.2. The minimum atomic E-state index is -0.112. The van der Waals surface area contributed by atoms with Crippen molar-refractivity contribution >= 4 is 18.3 Å². The summed E-state index contributed by atoms with van der Waals surface area (Å²) < 4.78 is 0. The van der Waals surface area contributed by atoms with Crippen molar-refractivity contribution in [3.63, 3.8) is 0 Å². The molecule has 4 nitrogen and oxygen atoms in total. The van der Waals surface area contributed by atoms with E-state index in [2.05, 4.69) is 41.4 Å². The molecule has 0 bridgehead atoms. The fourth-order valence-electron chi connectivity index (χ4n) is 4.23. The van der Waals surface area contributed by atoms with Crippen LogP contribution in [-0.2, 0) is 4.79 Å². The molecule has 3 N–H and O–H groups in total. The second-order valence-electron chi connectivity index (χ2n) is 7.69. The predicted octanol–water partition coefficient (Wildman–Crippen LogP) is 2.92. The molecule has 25 heavy (non-hydrogen) atoms. The number of hydrogen-bond acceptors (Lipinski definition) is 3. The summed E-state index contributed by atoms with van der Waals surface area (Å²) >= 11 is 0. The van der Waals surface area contributed by atoms with Gasteiger partial charge in [-0.05, 0) is 31.2 Å². The first-order valence-electron chi connectivity index (χ1n) is 9.41. The van der Waals surface area contributed by atoms with Gasteiger partial charge in [0, 0.05) is 31.1 Å². The van der Waals surface area contributed by atoms with Gasteiger partial charge in [0.25, 0.3) is 0 Å². The van der Waals surface area contributed by atoms with Gasteiger partial charge in [0.2, 0.25) is 5.91 Å². The standard InChI is InChI=1S/C20H31N3O.ClH/c1-14-8-6-7-11-19(14)22-20(24)15(2)23-12-17(18(21)13-23)16-9-4-3-5-10-16;/h3-5,9-10,14-15,17-19H,6-8,11-13,21H2,1-2H3,(H,22,24);1H/t14?,15?,17-,18+,19?;/m0./s1. The van der Waals surface area contributed by atoms with E-state index in [0.29, 0.717) is 17.9 Å². The number of likely N-dealkylation sites (tertiary alicyclic amines) is 1. The number of carbonyl (C=O) groups excluding carboxylic acids is 1. The molecule has 5 atom stereocenters. The number of hydrogen-bond donors (Lipinski definition) is 2. The van der Waals surface area contributed by atoms with Crippen LogP contribution < -0.4 is 11.1 Å². The molecule has 1 aliphatic heterocycles. The lowest BCUT2D eigenvalue weighted by molar-refractivity contribution is -0.126. The Labute approximate surface area is 157 Å². The Balaban J connectivity index is 0.00000225. The molecule has 2 aliphatic rings. The molecule has 1 aromatic rings. The lowest BCUT2D eigenvalue weighted by Crippen LogP contribution is -2.50. The van der Waals surface area contributed by atoms with Crippen LogP contribution >= 0.6 is 12.4 Å². The maximum atomic E-state index is 12.7. The smallest absolute Gasteiger partial charge is 0.237 e. The highest BCUT2D eigenvalue weighted by Gasteiger charge is 2.36. The van der Waals surface area contributed by atoms with Crippen LogP contribution in [0.4, 0.5) is 0 Å². The van der Waals surface area contributed by atoms with Crippen LogP contribution in [0.5, 0.6) is 0 Å². The molecule has 3 unspecified atom stereocenters. The van der Waals surface area contributed by atoms with Gasteiger partial charge in [0.05, 0.1) is 6.04 Å². The molecule has 0 aromatic heterocycles. The highest BCUT2D eigenvalue weighted by molar-refractivity contribution is 5.85. The summed E-state index contributed by atoms with van der Waals surface area (Å²) in [5, 5.41) is 3.29. The molecule has 1 heterocycles. The number of amides is 1. The third-order valence-electron chi connectivity index (χ3n) is 5.99. The van der Waals surface area contributed by atoms with Gasteiger partial charge in [-0.15, -0.1) is 12.4 Å². The van der Waals surface area contributed by atoms with Crippen LogP contribution in [0, 0.1) is 5.92 Å². The van der Waals surface area contributed by atoms with E-state index < -0.39 is 0 Å². The lowest BCUT2D eigenvalue weighted by atomic mass is 9.86. The fourth-order valence-corrected chi connectivity index (χ4v) is 4.23. The fraction of sp³-hybridized carbons (Fsp3) is 0.650. The summed E-state index contributed by atoms with van der Waals surface area (Å²) in [5.41, 5.74) is 7.65. The topological polar surface area (TPSA) is 58.4 Å². The van der Waals surface area contributed by atoms with E-state index in [1.54, 1.807) is 0 Å². The summed E-state index contributed by atoms with van der Waals surface area (Å²) in [5.74, 6) is 1.07. The van der Waals surface area contributed by atoms with Gasteiger partial charge < -0.3 is 11.1 Å². The zero-order valence-corrected chi connectivity index (χ0v) is 16.2. The van der Waals surface area contributed by atoms with Crippen molar-refractivity contribution in [2.45, 2.75) is 63.6 Å². The second kappa shape index (κ2) is 9.02. The summed E-state index contributed by atoms with van der Waals surface area (Å²) in [7, 11) is 0. The molecule has 1 saturated heterocycles. The number of rotatable bonds is 4. The van der Waals surface area contributed by atoms with Crippen LogP contribution in [0.15, 0.2) is 30.3 Å². The van der Waals surface area contributed by atoms with Crippen LogP contribution in [0.3, 0.4) is 0 Å². The number of nitrogens with one attached hydrogen (secondary N) is 1. The summed E-state index contributed by atoms with van der Waals surface area (Å²) in [6.45, 7) is 5.92. The van der Waals surface area contributed by atoms with E-state index in [4.69, 9.17) is 5.73 Å². The zero-order chi connectivity index (χ0) is 17.1. The quantitative estimate of drug-likeness (QED) is 0.862. The van der Waals surface area contributed by atoms with Gasteiger partial charge in [-0.3, -0.25) is 9.69 Å². The van der Waals surface area contributed by atoms with Gasteiger partial charge >= 0.3 is 0 Å². The summed E-state index contributed by atoms with van der Waals surface area (Å²) in [6.07, 6.45) is 4.87. The van der Waals surface area contributed by atoms with Gasteiger partial charge in [-0.25, -0.2) is 0 Å². The molecule has 1 saturated carbocycles. The molecule has 140 valence electrons. The van der Waals surface area contributed by atoms with Gasteiger partial charge in [-0.1, -0.05) is 50.1 Å². The molecule has 2 fully saturated rings. The highest BCUT2D eigenvalue weighted by Crippen LogP contribution is 2.28. The SMILES string of the molecule is CC1CCCCC1NC(=O)C(C)N1C[C@@H](N)[C@H](c2ccccc2)C1.Cl. The minimum Gasteiger partial charge on any atom is -0.352 e. The predicted molar refractivity (Wildman–Crippen MR) is 105 cm³/mol. The largest absolute Gasteiger partial charge is 0.352 e. The van der Waals surface area contributed by atoms with E-state index in [-0.39, 0.29) is 30.4 Å². The second-order valence-corrected chi connectivity index (χ2v) is 7.69. The Morgan fingerprint density at radius 2 is 1.88 bits per heavy atom. The molecular weight excluding hydrogens is 334 g/mol. The van der Waals surface area contributed by atoms with Crippen molar-refractivity contribution < 1.29 is 4.79 Å². The van der Waals surface area contributed by atoms with Gasteiger partial charge in [-0.2, -0.15) is 0 Å².